The van der Waals surface area contributed by atoms with Crippen molar-refractivity contribution < 1.29 is 14.2 Å². The van der Waals surface area contributed by atoms with E-state index < -0.39 is 5.79 Å². The fraction of sp³-hybridized carbons (Fsp3) is 0.348. The number of aromatic nitrogens is 2. The molecule has 1 aliphatic rings. The van der Waals surface area contributed by atoms with E-state index in [0.29, 0.717) is 59.3 Å². The van der Waals surface area contributed by atoms with Gasteiger partial charge in [0.15, 0.2) is 5.79 Å². The molecule has 0 N–H and O–H groups in total. The molecule has 1 aliphatic heterocycles. The van der Waals surface area contributed by atoms with E-state index in [1.807, 2.05) is 35.0 Å². The number of rotatable bonds is 9. The Hall–Kier alpha value is -1.31. The highest BCUT2D eigenvalue weighted by Gasteiger charge is 2.42. The normalized spacial score (nSPS) is 20.7. The van der Waals surface area contributed by atoms with Crippen LogP contribution in [0.1, 0.15) is 17.5 Å². The van der Waals surface area contributed by atoms with Crippen molar-refractivity contribution >= 4 is 46.4 Å². The summed E-state index contributed by atoms with van der Waals surface area (Å²) in [6.45, 7) is 1.80. The van der Waals surface area contributed by atoms with Crippen molar-refractivity contribution in [3.8, 4) is 0 Å². The molecule has 5 nitrogen and oxygen atoms in total. The lowest BCUT2D eigenvalue weighted by atomic mass is 10.0. The standard InChI is InChI=1S/C23H22Cl4N2O3/c24-17-3-1-16(2-4-17)11-30-12-19-13-31-23(32-19,14-29-8-7-28-15-29)6-5-20-21(26)9-18(25)10-22(20)27/h1-4,7-10,15,19H,5-6,11-14H2. The summed E-state index contributed by atoms with van der Waals surface area (Å²) < 4.78 is 20.4. The lowest BCUT2D eigenvalue weighted by Crippen LogP contribution is -2.37. The summed E-state index contributed by atoms with van der Waals surface area (Å²) in [5.74, 6) is -0.846. The van der Waals surface area contributed by atoms with Crippen molar-refractivity contribution in [3.63, 3.8) is 0 Å². The Bertz CT molecular complexity index is 1010. The second-order valence-electron chi connectivity index (χ2n) is 7.69. The summed E-state index contributed by atoms with van der Waals surface area (Å²) in [6, 6.07) is 11.0. The Labute approximate surface area is 207 Å². The summed E-state index contributed by atoms with van der Waals surface area (Å²) >= 11 is 24.7. The van der Waals surface area contributed by atoms with Crippen LogP contribution in [0.3, 0.4) is 0 Å². The Morgan fingerprint density at radius 2 is 1.81 bits per heavy atom. The molecule has 4 rings (SSSR count). The molecule has 9 heteroatoms. The molecular formula is C23H22Cl4N2O3. The molecule has 0 amide bonds. The van der Waals surface area contributed by atoms with E-state index in [1.54, 1.807) is 24.7 Å². The zero-order valence-corrected chi connectivity index (χ0v) is 20.2. The number of hydrogen-bond donors (Lipinski definition) is 0. The van der Waals surface area contributed by atoms with E-state index in [0.717, 1.165) is 11.1 Å². The van der Waals surface area contributed by atoms with Gasteiger partial charge in [0, 0.05) is 38.9 Å². The minimum absolute atomic E-state index is 0.193. The second kappa shape index (κ2) is 10.7. The maximum atomic E-state index is 6.38. The first-order valence-electron chi connectivity index (χ1n) is 10.2. The van der Waals surface area contributed by atoms with Crippen LogP contribution in [0.2, 0.25) is 20.1 Å². The molecule has 2 unspecified atom stereocenters. The van der Waals surface area contributed by atoms with Gasteiger partial charge in [0.05, 0.1) is 32.7 Å². The van der Waals surface area contributed by atoms with Gasteiger partial charge in [-0.25, -0.2) is 4.98 Å². The summed E-state index contributed by atoms with van der Waals surface area (Å²) in [7, 11) is 0. The van der Waals surface area contributed by atoms with Crippen LogP contribution in [0.5, 0.6) is 0 Å². The van der Waals surface area contributed by atoms with Crippen molar-refractivity contribution in [1.82, 2.24) is 9.55 Å². The number of hydrogen-bond acceptors (Lipinski definition) is 4. The monoisotopic (exact) mass is 514 g/mol. The average Bonchev–Trinajstić information content (AvgIpc) is 3.39. The predicted molar refractivity (Wildman–Crippen MR) is 127 cm³/mol. The molecule has 1 saturated heterocycles. The van der Waals surface area contributed by atoms with Gasteiger partial charge in [-0.3, -0.25) is 0 Å². The Balaban J connectivity index is 1.40. The van der Waals surface area contributed by atoms with Crippen LogP contribution in [0, 0.1) is 0 Å². The van der Waals surface area contributed by atoms with Gasteiger partial charge in [0.2, 0.25) is 0 Å². The van der Waals surface area contributed by atoms with Crippen molar-refractivity contribution in [3.05, 3.63) is 86.3 Å². The summed E-state index contributed by atoms with van der Waals surface area (Å²) in [5.41, 5.74) is 1.86. The van der Waals surface area contributed by atoms with Gasteiger partial charge in [-0.15, -0.1) is 0 Å². The maximum absolute atomic E-state index is 6.38. The fourth-order valence-electron chi connectivity index (χ4n) is 3.67. The zero-order valence-electron chi connectivity index (χ0n) is 17.1. The second-order valence-corrected chi connectivity index (χ2v) is 9.37. The number of nitrogens with zero attached hydrogens (tertiary/aromatic N) is 2. The van der Waals surface area contributed by atoms with E-state index in [-0.39, 0.29) is 6.10 Å². The molecule has 2 atom stereocenters. The highest BCUT2D eigenvalue weighted by atomic mass is 35.5. The largest absolute Gasteiger partial charge is 0.374 e. The smallest absolute Gasteiger partial charge is 0.187 e. The van der Waals surface area contributed by atoms with Crippen molar-refractivity contribution in [2.24, 2.45) is 0 Å². The molecule has 32 heavy (non-hydrogen) atoms. The topological polar surface area (TPSA) is 45.5 Å². The Kier molecular flexibility index (Phi) is 8.00. The van der Waals surface area contributed by atoms with E-state index in [4.69, 9.17) is 60.6 Å². The van der Waals surface area contributed by atoms with Crippen LogP contribution >= 0.6 is 46.4 Å². The van der Waals surface area contributed by atoms with Crippen LogP contribution in [0.25, 0.3) is 0 Å². The quantitative estimate of drug-likeness (QED) is 0.328. The van der Waals surface area contributed by atoms with E-state index in [1.165, 1.54) is 0 Å². The van der Waals surface area contributed by atoms with Crippen LogP contribution in [-0.4, -0.2) is 34.7 Å². The van der Waals surface area contributed by atoms with Gasteiger partial charge in [-0.1, -0.05) is 58.5 Å². The lowest BCUT2D eigenvalue weighted by molar-refractivity contribution is -0.187. The predicted octanol–water partition coefficient (Wildman–Crippen LogP) is 6.46. The number of benzene rings is 2. The van der Waals surface area contributed by atoms with Crippen LogP contribution in [-0.2, 0) is 33.8 Å². The van der Waals surface area contributed by atoms with Crippen LogP contribution in [0.4, 0.5) is 0 Å². The molecule has 1 fully saturated rings. The molecule has 3 aromatic rings. The van der Waals surface area contributed by atoms with Crippen molar-refractivity contribution in [2.75, 3.05) is 13.2 Å². The van der Waals surface area contributed by atoms with E-state index >= 15 is 0 Å². The van der Waals surface area contributed by atoms with Gasteiger partial charge in [-0.2, -0.15) is 0 Å². The third-order valence-electron chi connectivity index (χ3n) is 5.24. The van der Waals surface area contributed by atoms with Crippen LogP contribution in [0.15, 0.2) is 55.1 Å². The zero-order chi connectivity index (χ0) is 22.6. The summed E-state index contributed by atoms with van der Waals surface area (Å²) in [4.78, 5) is 4.12. The first kappa shape index (κ1) is 23.8. The third-order valence-corrected chi connectivity index (χ3v) is 6.39. The SMILES string of the molecule is Clc1ccc(COCC2COC(CCc3c(Cl)cc(Cl)cc3Cl)(Cn3ccnc3)O2)cc1. The summed E-state index contributed by atoms with van der Waals surface area (Å²) in [5, 5.41) is 2.26. The molecule has 2 aromatic carbocycles. The highest BCUT2D eigenvalue weighted by molar-refractivity contribution is 6.39. The van der Waals surface area contributed by atoms with Gasteiger partial charge in [0.1, 0.15) is 6.10 Å². The lowest BCUT2D eigenvalue weighted by Gasteiger charge is -2.29. The van der Waals surface area contributed by atoms with Gasteiger partial charge >= 0.3 is 0 Å². The number of imidazole rings is 1. The molecule has 170 valence electrons. The molecule has 1 aromatic heterocycles. The third kappa shape index (κ3) is 6.17. The summed E-state index contributed by atoms with van der Waals surface area (Å²) in [6.07, 6.45) is 6.27. The van der Waals surface area contributed by atoms with Crippen LogP contribution < -0.4 is 0 Å². The van der Waals surface area contributed by atoms with E-state index in [2.05, 4.69) is 4.98 Å². The molecule has 0 bridgehead atoms. The van der Waals surface area contributed by atoms with E-state index in [9.17, 15) is 0 Å². The van der Waals surface area contributed by atoms with Gasteiger partial charge < -0.3 is 18.8 Å². The minimum atomic E-state index is -0.846. The molecule has 0 radical (unpaired) electrons. The Morgan fingerprint density at radius 3 is 2.50 bits per heavy atom. The molecule has 0 saturated carbocycles. The molecule has 0 aliphatic carbocycles. The average molecular weight is 516 g/mol. The number of ether oxygens (including phenoxy) is 3. The maximum Gasteiger partial charge on any atom is 0.187 e. The fourth-order valence-corrected chi connectivity index (χ4v) is 4.80. The first-order valence-corrected chi connectivity index (χ1v) is 11.7. The van der Waals surface area contributed by atoms with Gasteiger partial charge in [-0.05, 0) is 41.8 Å². The van der Waals surface area contributed by atoms with Gasteiger partial charge in [0.25, 0.3) is 0 Å². The number of halogens is 4. The first-order chi connectivity index (χ1) is 15.4. The highest BCUT2D eigenvalue weighted by Crippen LogP contribution is 2.35. The molecule has 0 spiro atoms. The molecular weight excluding hydrogens is 494 g/mol. The molecule has 2 heterocycles. The van der Waals surface area contributed by atoms with Crippen molar-refractivity contribution in [1.29, 1.82) is 0 Å². The minimum Gasteiger partial charge on any atom is -0.374 e. The Morgan fingerprint density at radius 1 is 1.06 bits per heavy atom. The van der Waals surface area contributed by atoms with Crippen molar-refractivity contribution in [2.45, 2.75) is 37.9 Å².